The van der Waals surface area contributed by atoms with Gasteiger partial charge in [0.1, 0.15) is 11.9 Å². The molecule has 2 heterocycles. The molecule has 1 aliphatic heterocycles. The Morgan fingerprint density at radius 2 is 2.28 bits per heavy atom. The lowest BCUT2D eigenvalue weighted by Crippen LogP contribution is -2.34. The lowest BCUT2D eigenvalue weighted by atomic mass is 10.3. The summed E-state index contributed by atoms with van der Waals surface area (Å²) in [5, 5.41) is 11.8. The molecule has 7 nitrogen and oxygen atoms in total. The molecule has 25 heavy (non-hydrogen) atoms. The molecule has 1 saturated heterocycles. The van der Waals surface area contributed by atoms with E-state index < -0.39 is 0 Å². The van der Waals surface area contributed by atoms with Gasteiger partial charge in [0.25, 0.3) is 0 Å². The van der Waals surface area contributed by atoms with Crippen LogP contribution in [-0.2, 0) is 0 Å². The molecule has 1 atom stereocenters. The normalized spacial score (nSPS) is 16.2. The highest BCUT2D eigenvalue weighted by Crippen LogP contribution is 2.20. The molecule has 128 valence electrons. The molecule has 1 unspecified atom stereocenters. The average molecular weight is 338 g/mol. The van der Waals surface area contributed by atoms with E-state index in [1.54, 1.807) is 30.2 Å². The number of nitriles is 1. The maximum atomic E-state index is 12.4. The van der Waals surface area contributed by atoms with Crippen LogP contribution in [0, 0.1) is 11.3 Å². The van der Waals surface area contributed by atoms with Crippen LogP contribution in [0.4, 0.5) is 10.5 Å². The van der Waals surface area contributed by atoms with Crippen molar-refractivity contribution in [3.8, 4) is 17.7 Å². The monoisotopic (exact) mass is 338 g/mol. The average Bonchev–Trinajstić information content (AvgIpc) is 3.10. The topological polar surface area (TPSA) is 87.5 Å². The lowest BCUT2D eigenvalue weighted by Gasteiger charge is -2.18. The number of nitrogens with one attached hydrogen (secondary N) is 1. The number of methoxy groups -OCH3 is 1. The zero-order valence-corrected chi connectivity index (χ0v) is 13.8. The first-order chi connectivity index (χ1) is 12.2. The third-order valence-corrected chi connectivity index (χ3v) is 3.90. The molecule has 1 aliphatic rings. The van der Waals surface area contributed by atoms with Gasteiger partial charge in [-0.2, -0.15) is 5.26 Å². The van der Waals surface area contributed by atoms with Crippen molar-refractivity contribution in [3.05, 3.63) is 48.2 Å². The zero-order valence-electron chi connectivity index (χ0n) is 13.8. The molecule has 7 heteroatoms. The second-order valence-corrected chi connectivity index (χ2v) is 5.63. The molecule has 2 amide bonds. The third-order valence-electron chi connectivity index (χ3n) is 3.90. The molecule has 1 aromatic heterocycles. The van der Waals surface area contributed by atoms with Gasteiger partial charge in [-0.25, -0.2) is 9.78 Å². The Morgan fingerprint density at radius 1 is 1.40 bits per heavy atom. The molecule has 0 radical (unpaired) electrons. The van der Waals surface area contributed by atoms with Crippen molar-refractivity contribution >= 4 is 11.7 Å². The van der Waals surface area contributed by atoms with Crippen LogP contribution in [0.2, 0.25) is 0 Å². The number of carbonyl (C=O) groups excluding carboxylic acids is 1. The van der Waals surface area contributed by atoms with E-state index in [4.69, 9.17) is 14.7 Å². The van der Waals surface area contributed by atoms with E-state index in [1.807, 2.05) is 18.2 Å². The van der Waals surface area contributed by atoms with Gasteiger partial charge in [0, 0.05) is 37.0 Å². The summed E-state index contributed by atoms with van der Waals surface area (Å²) in [5.74, 6) is 1.09. The highest BCUT2D eigenvalue weighted by atomic mass is 16.5. The third kappa shape index (κ3) is 4.18. The van der Waals surface area contributed by atoms with Gasteiger partial charge in [-0.3, -0.25) is 0 Å². The first-order valence-electron chi connectivity index (χ1n) is 7.91. The van der Waals surface area contributed by atoms with Gasteiger partial charge in [0.05, 0.1) is 25.3 Å². The molecule has 0 spiro atoms. The van der Waals surface area contributed by atoms with Gasteiger partial charge in [-0.15, -0.1) is 0 Å². The number of nitrogens with zero attached hydrogens (tertiary/aromatic N) is 3. The Labute approximate surface area is 145 Å². The number of ether oxygens (including phenoxy) is 2. The molecule has 0 aliphatic carbocycles. The van der Waals surface area contributed by atoms with Gasteiger partial charge >= 0.3 is 6.03 Å². The predicted octanol–water partition coefficient (Wildman–Crippen LogP) is 2.65. The molecular formula is C18H18N4O3. The van der Waals surface area contributed by atoms with Crippen LogP contribution in [0.15, 0.2) is 42.6 Å². The minimum absolute atomic E-state index is 0.141. The molecule has 0 bridgehead atoms. The van der Waals surface area contributed by atoms with Crippen molar-refractivity contribution in [1.29, 1.82) is 5.26 Å². The first-order valence-corrected chi connectivity index (χ1v) is 7.91. The summed E-state index contributed by atoms with van der Waals surface area (Å²) >= 11 is 0. The van der Waals surface area contributed by atoms with Crippen LogP contribution >= 0.6 is 0 Å². The van der Waals surface area contributed by atoms with Crippen LogP contribution < -0.4 is 14.8 Å². The summed E-state index contributed by atoms with van der Waals surface area (Å²) in [6.45, 7) is 1.06. The molecule has 3 rings (SSSR count). The fourth-order valence-corrected chi connectivity index (χ4v) is 2.63. The van der Waals surface area contributed by atoms with Gasteiger partial charge in [-0.1, -0.05) is 6.07 Å². The number of aromatic nitrogens is 1. The minimum atomic E-state index is -0.182. The summed E-state index contributed by atoms with van der Waals surface area (Å²) in [5.41, 5.74) is 1.17. The quantitative estimate of drug-likeness (QED) is 0.926. The van der Waals surface area contributed by atoms with Gasteiger partial charge in [0.15, 0.2) is 0 Å². The van der Waals surface area contributed by atoms with Crippen molar-refractivity contribution in [2.75, 3.05) is 25.5 Å². The van der Waals surface area contributed by atoms with Crippen molar-refractivity contribution in [1.82, 2.24) is 9.88 Å². The number of benzene rings is 1. The van der Waals surface area contributed by atoms with Crippen LogP contribution in [0.5, 0.6) is 11.6 Å². The van der Waals surface area contributed by atoms with Crippen molar-refractivity contribution in [2.24, 2.45) is 0 Å². The van der Waals surface area contributed by atoms with Crippen molar-refractivity contribution in [3.63, 3.8) is 0 Å². The summed E-state index contributed by atoms with van der Waals surface area (Å²) in [7, 11) is 1.58. The number of pyridine rings is 1. The van der Waals surface area contributed by atoms with Crippen LogP contribution in [-0.4, -0.2) is 42.2 Å². The summed E-state index contributed by atoms with van der Waals surface area (Å²) in [4.78, 5) is 18.2. The lowest BCUT2D eigenvalue weighted by molar-refractivity contribution is 0.190. The van der Waals surface area contributed by atoms with E-state index in [0.717, 1.165) is 0 Å². The number of hydrogen-bond donors (Lipinski definition) is 1. The van der Waals surface area contributed by atoms with Crippen molar-refractivity contribution < 1.29 is 14.3 Å². The standard InChI is InChI=1S/C18H18N4O3/c1-24-15-4-2-3-14(10-15)21-18(23)22-8-6-16(12-22)25-17-9-13(11-19)5-7-20-17/h2-5,7,9-10,16H,6,8,12H2,1H3,(H,21,23). The van der Waals surface area contributed by atoms with E-state index in [2.05, 4.69) is 16.4 Å². The molecule has 1 fully saturated rings. The van der Waals surface area contributed by atoms with Crippen molar-refractivity contribution in [2.45, 2.75) is 12.5 Å². The smallest absolute Gasteiger partial charge is 0.321 e. The summed E-state index contributed by atoms with van der Waals surface area (Å²) < 4.78 is 10.9. The number of likely N-dealkylation sites (tertiary alicyclic amines) is 1. The van der Waals surface area contributed by atoms with Gasteiger partial charge in [0.2, 0.25) is 5.88 Å². The number of anilines is 1. The maximum absolute atomic E-state index is 12.4. The summed E-state index contributed by atoms with van der Waals surface area (Å²) in [6, 6.07) is 12.3. The van der Waals surface area contributed by atoms with Gasteiger partial charge < -0.3 is 19.7 Å². The first kappa shape index (κ1) is 16.6. The largest absolute Gasteiger partial charge is 0.497 e. The fourth-order valence-electron chi connectivity index (χ4n) is 2.63. The Balaban J connectivity index is 1.56. The van der Waals surface area contributed by atoms with E-state index in [0.29, 0.717) is 42.4 Å². The maximum Gasteiger partial charge on any atom is 0.321 e. The van der Waals surface area contributed by atoms with Gasteiger partial charge in [-0.05, 0) is 18.2 Å². The van der Waals surface area contributed by atoms with E-state index in [-0.39, 0.29) is 12.1 Å². The molecular weight excluding hydrogens is 320 g/mol. The molecule has 0 saturated carbocycles. The second kappa shape index (κ2) is 7.53. The van der Waals surface area contributed by atoms with E-state index in [9.17, 15) is 4.79 Å². The molecule has 2 aromatic rings. The van der Waals surface area contributed by atoms with E-state index in [1.165, 1.54) is 6.20 Å². The number of rotatable bonds is 4. The Morgan fingerprint density at radius 3 is 3.08 bits per heavy atom. The number of urea groups is 1. The molecule has 1 aromatic carbocycles. The number of amides is 2. The fraction of sp³-hybridized carbons (Fsp3) is 0.278. The molecule has 1 N–H and O–H groups in total. The Kier molecular flexibility index (Phi) is 5.00. The second-order valence-electron chi connectivity index (χ2n) is 5.63. The predicted molar refractivity (Wildman–Crippen MR) is 91.6 cm³/mol. The Hall–Kier alpha value is -3.27. The number of carbonyl (C=O) groups is 1. The highest BCUT2D eigenvalue weighted by molar-refractivity contribution is 5.89. The van der Waals surface area contributed by atoms with E-state index >= 15 is 0 Å². The highest BCUT2D eigenvalue weighted by Gasteiger charge is 2.28. The number of hydrogen-bond acceptors (Lipinski definition) is 5. The van der Waals surface area contributed by atoms with Crippen LogP contribution in [0.1, 0.15) is 12.0 Å². The van der Waals surface area contributed by atoms with Crippen LogP contribution in [0.3, 0.4) is 0 Å². The summed E-state index contributed by atoms with van der Waals surface area (Å²) in [6.07, 6.45) is 2.11. The SMILES string of the molecule is COc1cccc(NC(=O)N2CCC(Oc3cc(C#N)ccn3)C2)c1. The minimum Gasteiger partial charge on any atom is -0.497 e. The zero-order chi connectivity index (χ0) is 17.6. The Bertz CT molecular complexity index is 803. The van der Waals surface area contributed by atoms with Crippen LogP contribution in [0.25, 0.3) is 0 Å².